The van der Waals surface area contributed by atoms with Crippen molar-refractivity contribution in [2.75, 3.05) is 20.8 Å². The molecule has 0 aliphatic carbocycles. The van der Waals surface area contributed by atoms with Crippen LogP contribution in [-0.4, -0.2) is 36.8 Å². The van der Waals surface area contributed by atoms with Crippen LogP contribution in [0, 0.1) is 0 Å². The summed E-state index contributed by atoms with van der Waals surface area (Å²) in [5.74, 6) is 0.946. The Morgan fingerprint density at radius 2 is 1.91 bits per heavy atom. The van der Waals surface area contributed by atoms with Gasteiger partial charge in [-0.05, 0) is 46.3 Å². The highest BCUT2D eigenvalue weighted by molar-refractivity contribution is 9.10. The number of nitrogens with zero attached hydrogens (tertiary/aromatic N) is 1. The van der Waals surface area contributed by atoms with Crippen molar-refractivity contribution in [2.45, 2.75) is 13.3 Å². The van der Waals surface area contributed by atoms with Crippen LogP contribution in [0.15, 0.2) is 21.5 Å². The van der Waals surface area contributed by atoms with Crippen molar-refractivity contribution in [1.29, 1.82) is 0 Å². The summed E-state index contributed by atoms with van der Waals surface area (Å²) in [5.41, 5.74) is 0.706. The van der Waals surface area contributed by atoms with Crippen molar-refractivity contribution in [2.24, 2.45) is 0 Å². The Morgan fingerprint density at radius 3 is 2.50 bits per heavy atom. The fourth-order valence-electron chi connectivity index (χ4n) is 2.05. The van der Waals surface area contributed by atoms with E-state index >= 15 is 0 Å². The topological polar surface area (TPSA) is 55.8 Å². The van der Waals surface area contributed by atoms with Crippen molar-refractivity contribution in [3.63, 3.8) is 0 Å². The summed E-state index contributed by atoms with van der Waals surface area (Å²) in [4.78, 5) is 25.8. The average Bonchev–Trinajstić information content (AvgIpc) is 2.75. The molecule has 1 heterocycles. The highest BCUT2D eigenvalue weighted by atomic mass is 79.9. The summed E-state index contributed by atoms with van der Waals surface area (Å²) >= 11 is 4.35. The first-order chi connectivity index (χ1) is 10.5. The molecule has 0 N–H and O–H groups in total. The number of ether oxygens (including phenoxy) is 2. The van der Waals surface area contributed by atoms with E-state index in [0.29, 0.717) is 28.5 Å². The van der Waals surface area contributed by atoms with E-state index in [9.17, 15) is 9.59 Å². The quantitative estimate of drug-likeness (QED) is 0.719. The van der Waals surface area contributed by atoms with Gasteiger partial charge >= 0.3 is 0 Å². The molecule has 2 amide bonds. The first-order valence-electron chi connectivity index (χ1n) is 6.68. The van der Waals surface area contributed by atoms with Crippen molar-refractivity contribution in [3.05, 3.63) is 27.1 Å². The van der Waals surface area contributed by atoms with Gasteiger partial charge in [-0.25, -0.2) is 0 Å². The van der Waals surface area contributed by atoms with Crippen LogP contribution >= 0.6 is 27.7 Å². The molecule has 0 spiro atoms. The fourth-order valence-corrected chi connectivity index (χ4v) is 3.43. The molecule has 0 unspecified atom stereocenters. The number of hydrogen-bond donors (Lipinski definition) is 0. The first kappa shape index (κ1) is 16.9. The Labute approximate surface area is 141 Å². The molecule has 0 atom stereocenters. The number of imide groups is 1. The molecule has 0 saturated carbocycles. The Balaban J connectivity index is 2.39. The number of rotatable bonds is 5. The van der Waals surface area contributed by atoms with Gasteiger partial charge in [0.2, 0.25) is 0 Å². The lowest BCUT2D eigenvalue weighted by Gasteiger charge is -2.11. The second-order valence-electron chi connectivity index (χ2n) is 4.56. The molecule has 0 aromatic heterocycles. The van der Waals surface area contributed by atoms with E-state index in [1.165, 1.54) is 4.90 Å². The maximum atomic E-state index is 12.3. The third-order valence-electron chi connectivity index (χ3n) is 3.11. The van der Waals surface area contributed by atoms with E-state index in [1.54, 1.807) is 32.4 Å². The molecule has 1 aromatic carbocycles. The molecule has 5 nitrogen and oxygen atoms in total. The molecule has 1 fully saturated rings. The van der Waals surface area contributed by atoms with Gasteiger partial charge in [-0.1, -0.05) is 6.92 Å². The minimum absolute atomic E-state index is 0.232. The smallest absolute Gasteiger partial charge is 0.293 e. The first-order valence-corrected chi connectivity index (χ1v) is 8.29. The minimum Gasteiger partial charge on any atom is -0.496 e. The lowest BCUT2D eigenvalue weighted by molar-refractivity contribution is -0.122. The lowest BCUT2D eigenvalue weighted by Crippen LogP contribution is -2.28. The van der Waals surface area contributed by atoms with Gasteiger partial charge in [-0.3, -0.25) is 14.5 Å². The second kappa shape index (κ2) is 7.19. The van der Waals surface area contributed by atoms with Gasteiger partial charge in [0.25, 0.3) is 11.1 Å². The number of carbonyl (C=O) groups is 2. The van der Waals surface area contributed by atoms with E-state index in [2.05, 4.69) is 15.9 Å². The highest BCUT2D eigenvalue weighted by Crippen LogP contribution is 2.37. The molecule has 1 saturated heterocycles. The van der Waals surface area contributed by atoms with E-state index in [4.69, 9.17) is 9.47 Å². The Morgan fingerprint density at radius 1 is 1.23 bits per heavy atom. The van der Waals surface area contributed by atoms with Gasteiger partial charge in [0.15, 0.2) is 0 Å². The van der Waals surface area contributed by atoms with Crippen molar-refractivity contribution < 1.29 is 19.1 Å². The third-order valence-corrected chi connectivity index (χ3v) is 4.64. The summed E-state index contributed by atoms with van der Waals surface area (Å²) in [6.07, 6.45) is 2.41. The number of methoxy groups -OCH3 is 2. The average molecular weight is 386 g/mol. The molecule has 2 rings (SSSR count). The van der Waals surface area contributed by atoms with Crippen LogP contribution in [0.5, 0.6) is 11.5 Å². The van der Waals surface area contributed by atoms with Gasteiger partial charge < -0.3 is 9.47 Å². The van der Waals surface area contributed by atoms with Crippen molar-refractivity contribution >= 4 is 44.9 Å². The maximum Gasteiger partial charge on any atom is 0.293 e. The maximum absolute atomic E-state index is 12.3. The number of hydrogen-bond acceptors (Lipinski definition) is 5. The lowest BCUT2D eigenvalue weighted by atomic mass is 10.1. The Bertz CT molecular complexity index is 645. The van der Waals surface area contributed by atoms with Gasteiger partial charge in [0, 0.05) is 18.2 Å². The monoisotopic (exact) mass is 385 g/mol. The zero-order valence-electron chi connectivity index (χ0n) is 12.5. The molecule has 7 heteroatoms. The van der Waals surface area contributed by atoms with Gasteiger partial charge in [-0.15, -0.1) is 0 Å². The van der Waals surface area contributed by atoms with Crippen LogP contribution < -0.4 is 9.47 Å². The Kier molecular flexibility index (Phi) is 5.52. The predicted molar refractivity (Wildman–Crippen MR) is 90.2 cm³/mol. The molecule has 1 aliphatic rings. The molecule has 22 heavy (non-hydrogen) atoms. The zero-order chi connectivity index (χ0) is 16.3. The summed E-state index contributed by atoms with van der Waals surface area (Å²) in [7, 11) is 3.11. The number of halogens is 1. The minimum atomic E-state index is -0.258. The van der Waals surface area contributed by atoms with Crippen LogP contribution in [0.4, 0.5) is 4.79 Å². The van der Waals surface area contributed by atoms with Gasteiger partial charge in [0.05, 0.1) is 23.6 Å². The molecule has 1 aliphatic heterocycles. The summed E-state index contributed by atoms with van der Waals surface area (Å²) in [6, 6.07) is 3.53. The van der Waals surface area contributed by atoms with Gasteiger partial charge in [-0.2, -0.15) is 0 Å². The number of benzene rings is 1. The third kappa shape index (κ3) is 3.30. The van der Waals surface area contributed by atoms with Crippen LogP contribution in [-0.2, 0) is 4.79 Å². The Hall–Kier alpha value is -1.47. The molecule has 0 bridgehead atoms. The van der Waals surface area contributed by atoms with Crippen LogP contribution in [0.3, 0.4) is 0 Å². The summed E-state index contributed by atoms with van der Waals surface area (Å²) in [6.45, 7) is 2.36. The molecule has 0 radical (unpaired) electrons. The highest BCUT2D eigenvalue weighted by Gasteiger charge is 2.34. The molecular weight excluding hydrogens is 370 g/mol. The van der Waals surface area contributed by atoms with E-state index in [0.717, 1.165) is 22.7 Å². The SMILES string of the molecule is CCCN1C(=O)S/C(=C/c2cc(Br)c(OC)cc2OC)C1=O. The molecule has 118 valence electrons. The van der Waals surface area contributed by atoms with Crippen LogP contribution in [0.2, 0.25) is 0 Å². The van der Waals surface area contributed by atoms with Gasteiger partial charge in [0.1, 0.15) is 11.5 Å². The number of carbonyl (C=O) groups excluding carboxylic acids is 2. The van der Waals surface area contributed by atoms with E-state index in [-0.39, 0.29) is 11.1 Å². The normalized spacial score (nSPS) is 16.5. The number of amides is 2. The van der Waals surface area contributed by atoms with E-state index in [1.807, 2.05) is 6.92 Å². The largest absolute Gasteiger partial charge is 0.496 e. The summed E-state index contributed by atoms with van der Waals surface area (Å²) < 4.78 is 11.3. The van der Waals surface area contributed by atoms with Crippen molar-refractivity contribution in [1.82, 2.24) is 4.90 Å². The predicted octanol–water partition coefficient (Wildman–Crippen LogP) is 3.91. The second-order valence-corrected chi connectivity index (χ2v) is 6.41. The molecule has 1 aromatic rings. The number of thioether (sulfide) groups is 1. The zero-order valence-corrected chi connectivity index (χ0v) is 14.9. The standard InChI is InChI=1S/C15H16BrNO4S/c1-4-5-17-14(18)13(22-15(17)19)7-9-6-10(16)12(21-3)8-11(9)20-2/h6-8H,4-5H2,1-3H3/b13-7+. The van der Waals surface area contributed by atoms with Crippen LogP contribution in [0.25, 0.3) is 6.08 Å². The summed E-state index contributed by atoms with van der Waals surface area (Å²) in [5, 5.41) is -0.232. The molecular formula is C15H16BrNO4S. The van der Waals surface area contributed by atoms with E-state index < -0.39 is 0 Å². The van der Waals surface area contributed by atoms with Crippen LogP contribution in [0.1, 0.15) is 18.9 Å². The van der Waals surface area contributed by atoms with Crippen molar-refractivity contribution in [3.8, 4) is 11.5 Å². The fraction of sp³-hybridized carbons (Fsp3) is 0.333.